The quantitative estimate of drug-likeness (QED) is 0.413. The number of halogens is 1. The van der Waals surface area contributed by atoms with Crippen molar-refractivity contribution in [1.82, 2.24) is 0 Å². The molecule has 0 aliphatic heterocycles. The molecule has 0 unspecified atom stereocenters. The maximum atomic E-state index is 2.45. The van der Waals surface area contributed by atoms with Crippen LogP contribution in [-0.2, 0) is 6.54 Å². The molecule has 0 atom stereocenters. The van der Waals surface area contributed by atoms with Gasteiger partial charge in [-0.15, -0.1) is 0 Å². The van der Waals surface area contributed by atoms with Crippen LogP contribution in [0.4, 0.5) is 0 Å². The van der Waals surface area contributed by atoms with E-state index in [2.05, 4.69) is 76.2 Å². The third kappa shape index (κ3) is 4.86. The lowest BCUT2D eigenvalue weighted by molar-refractivity contribution is -0.894. The van der Waals surface area contributed by atoms with Gasteiger partial charge in [-0.1, -0.05) is 62.1 Å². The first kappa shape index (κ1) is 17.7. The molecule has 0 fully saturated rings. The minimum absolute atomic E-state index is 0. The lowest BCUT2D eigenvalue weighted by Crippen LogP contribution is -3.00. The van der Waals surface area contributed by atoms with Crippen molar-refractivity contribution in [3.63, 3.8) is 0 Å². The standard InChI is InChI=1S/C17H26NSi.HI/c1-18(2,14-19(3,4)5)13-16-11-8-10-15-9-6-7-12-17(15)16;/h6-12H,13-14H2,1-5H3;1H/q+1;/p-1. The minimum atomic E-state index is -1.04. The summed E-state index contributed by atoms with van der Waals surface area (Å²) in [5.74, 6) is 0. The Labute approximate surface area is 141 Å². The van der Waals surface area contributed by atoms with Gasteiger partial charge in [-0.2, -0.15) is 0 Å². The molecule has 0 amide bonds. The first-order chi connectivity index (χ1) is 8.77. The molecule has 0 saturated heterocycles. The second-order valence-electron chi connectivity index (χ2n) is 7.45. The summed E-state index contributed by atoms with van der Waals surface area (Å²) in [6.45, 7) is 8.48. The number of hydrogen-bond acceptors (Lipinski definition) is 0. The number of benzene rings is 2. The molecule has 0 aromatic heterocycles. The van der Waals surface area contributed by atoms with E-state index in [0.29, 0.717) is 0 Å². The van der Waals surface area contributed by atoms with Gasteiger partial charge in [0.2, 0.25) is 0 Å². The van der Waals surface area contributed by atoms with Gasteiger partial charge in [0.15, 0.2) is 0 Å². The lowest BCUT2D eigenvalue weighted by Gasteiger charge is -2.35. The van der Waals surface area contributed by atoms with E-state index in [1.807, 2.05) is 0 Å². The highest BCUT2D eigenvalue weighted by atomic mass is 127. The van der Waals surface area contributed by atoms with Crippen molar-refractivity contribution in [1.29, 1.82) is 0 Å². The number of rotatable bonds is 4. The maximum absolute atomic E-state index is 2.45. The van der Waals surface area contributed by atoms with Gasteiger partial charge in [-0.25, -0.2) is 0 Å². The largest absolute Gasteiger partial charge is 1.00 e. The Bertz CT molecular complexity index is 567. The highest BCUT2D eigenvalue weighted by molar-refractivity contribution is 6.75. The predicted octanol–water partition coefficient (Wildman–Crippen LogP) is 1.30. The van der Waals surface area contributed by atoms with Crippen LogP contribution in [0.25, 0.3) is 10.8 Å². The number of hydrogen-bond donors (Lipinski definition) is 0. The number of nitrogens with zero attached hydrogens (tertiary/aromatic N) is 1. The molecular weight excluding hydrogens is 373 g/mol. The first-order valence-corrected chi connectivity index (χ1v) is 10.8. The summed E-state index contributed by atoms with van der Waals surface area (Å²) in [6, 6.07) is 15.4. The van der Waals surface area contributed by atoms with E-state index in [1.54, 1.807) is 0 Å². The molecular formula is C17H26INSi. The zero-order valence-electron chi connectivity index (χ0n) is 13.3. The molecule has 20 heavy (non-hydrogen) atoms. The number of fused-ring (bicyclic) bond motifs is 1. The Morgan fingerprint density at radius 2 is 1.50 bits per heavy atom. The molecule has 0 N–H and O–H groups in total. The average molecular weight is 399 g/mol. The van der Waals surface area contributed by atoms with E-state index in [9.17, 15) is 0 Å². The van der Waals surface area contributed by atoms with Crippen LogP contribution in [0.3, 0.4) is 0 Å². The fourth-order valence-corrected chi connectivity index (χ4v) is 5.91. The van der Waals surface area contributed by atoms with Gasteiger partial charge >= 0.3 is 0 Å². The Morgan fingerprint density at radius 3 is 2.15 bits per heavy atom. The van der Waals surface area contributed by atoms with Gasteiger partial charge in [0.25, 0.3) is 0 Å². The summed E-state index contributed by atoms with van der Waals surface area (Å²) in [5.41, 5.74) is 1.47. The van der Waals surface area contributed by atoms with E-state index in [4.69, 9.17) is 0 Å². The van der Waals surface area contributed by atoms with E-state index in [1.165, 1.54) is 22.5 Å². The van der Waals surface area contributed by atoms with E-state index in [-0.39, 0.29) is 24.0 Å². The topological polar surface area (TPSA) is 0 Å². The maximum Gasteiger partial charge on any atom is 0.110 e. The van der Waals surface area contributed by atoms with Crippen LogP contribution >= 0.6 is 0 Å². The fraction of sp³-hybridized carbons (Fsp3) is 0.412. The highest BCUT2D eigenvalue weighted by Gasteiger charge is 2.26. The van der Waals surface area contributed by atoms with Gasteiger partial charge < -0.3 is 28.5 Å². The van der Waals surface area contributed by atoms with Crippen LogP contribution in [0.2, 0.25) is 19.6 Å². The van der Waals surface area contributed by atoms with Crippen LogP contribution in [0.15, 0.2) is 42.5 Å². The van der Waals surface area contributed by atoms with Crippen LogP contribution in [-0.4, -0.2) is 32.8 Å². The third-order valence-electron chi connectivity index (χ3n) is 3.38. The van der Waals surface area contributed by atoms with E-state index < -0.39 is 8.07 Å². The molecule has 1 nitrogen and oxygen atoms in total. The molecule has 2 aromatic rings. The second kappa shape index (κ2) is 6.58. The van der Waals surface area contributed by atoms with Crippen molar-refractivity contribution in [2.45, 2.75) is 26.2 Å². The second-order valence-corrected chi connectivity index (χ2v) is 12.9. The summed E-state index contributed by atoms with van der Waals surface area (Å²) in [4.78, 5) is 0. The molecule has 0 saturated carbocycles. The van der Waals surface area contributed by atoms with Gasteiger partial charge in [0.1, 0.15) is 14.6 Å². The summed E-state index contributed by atoms with van der Waals surface area (Å²) in [5, 5.41) is 2.76. The SMILES string of the molecule is C[N+](C)(Cc1cccc2ccccc12)C[Si](C)(C)C.[I-]. The molecule has 0 aliphatic rings. The predicted molar refractivity (Wildman–Crippen MR) is 88.0 cm³/mol. The summed E-state index contributed by atoms with van der Waals surface area (Å²) in [7, 11) is 3.68. The van der Waals surface area contributed by atoms with E-state index >= 15 is 0 Å². The van der Waals surface area contributed by atoms with Crippen molar-refractivity contribution in [2.24, 2.45) is 0 Å². The van der Waals surface area contributed by atoms with Crippen molar-refractivity contribution in [2.75, 3.05) is 20.3 Å². The normalized spacial score (nSPS) is 12.2. The Kier molecular flexibility index (Phi) is 5.81. The first-order valence-electron chi connectivity index (χ1n) is 7.06. The zero-order valence-corrected chi connectivity index (χ0v) is 16.4. The van der Waals surface area contributed by atoms with Crippen molar-refractivity contribution in [3.8, 4) is 0 Å². The minimum Gasteiger partial charge on any atom is -1.00 e. The highest BCUT2D eigenvalue weighted by Crippen LogP contribution is 2.22. The van der Waals surface area contributed by atoms with Crippen molar-refractivity contribution < 1.29 is 28.5 Å². The molecule has 2 rings (SSSR count). The van der Waals surface area contributed by atoms with Crippen molar-refractivity contribution >= 4 is 18.8 Å². The lowest BCUT2D eigenvalue weighted by atomic mass is 10.0. The van der Waals surface area contributed by atoms with Gasteiger partial charge in [-0.3, -0.25) is 0 Å². The Balaban J connectivity index is 0.00000200. The van der Waals surface area contributed by atoms with Crippen LogP contribution < -0.4 is 24.0 Å². The van der Waals surface area contributed by atoms with Crippen LogP contribution in [0.5, 0.6) is 0 Å². The molecule has 3 heteroatoms. The monoisotopic (exact) mass is 399 g/mol. The summed E-state index contributed by atoms with van der Waals surface area (Å²) in [6.07, 6.45) is 1.32. The summed E-state index contributed by atoms with van der Waals surface area (Å²) >= 11 is 0. The molecule has 0 bridgehead atoms. The van der Waals surface area contributed by atoms with E-state index in [0.717, 1.165) is 11.0 Å². The molecule has 0 heterocycles. The molecule has 0 aliphatic carbocycles. The average Bonchev–Trinajstić information content (AvgIpc) is 2.25. The zero-order chi connectivity index (χ0) is 14.1. The third-order valence-corrected chi connectivity index (χ3v) is 5.19. The molecule has 0 spiro atoms. The van der Waals surface area contributed by atoms with Crippen LogP contribution in [0, 0.1) is 0 Å². The smallest absolute Gasteiger partial charge is 0.110 e. The Hall–Kier alpha value is -0.393. The fourth-order valence-electron chi connectivity index (χ4n) is 3.23. The van der Waals surface area contributed by atoms with Crippen molar-refractivity contribution in [3.05, 3.63) is 48.0 Å². The molecule has 110 valence electrons. The summed E-state index contributed by atoms with van der Waals surface area (Å²) < 4.78 is 1.09. The molecule has 0 radical (unpaired) electrons. The molecule has 2 aromatic carbocycles. The van der Waals surface area contributed by atoms with Gasteiger partial charge in [0.05, 0.1) is 20.3 Å². The Morgan fingerprint density at radius 1 is 0.900 bits per heavy atom. The van der Waals surface area contributed by atoms with Crippen LogP contribution in [0.1, 0.15) is 5.56 Å². The number of quaternary nitrogens is 1. The van der Waals surface area contributed by atoms with Gasteiger partial charge in [-0.05, 0) is 10.8 Å². The van der Waals surface area contributed by atoms with Gasteiger partial charge in [0, 0.05) is 5.56 Å².